The summed E-state index contributed by atoms with van der Waals surface area (Å²) in [5.41, 5.74) is 12.2. The van der Waals surface area contributed by atoms with Gasteiger partial charge in [0.05, 0.1) is 27.8 Å². The lowest BCUT2D eigenvalue weighted by atomic mass is 9.94. The third-order valence-corrected chi connectivity index (χ3v) is 10.3. The summed E-state index contributed by atoms with van der Waals surface area (Å²) in [6.07, 6.45) is 2.37. The quantitative estimate of drug-likeness (QED) is 0.188. The molecule has 0 saturated carbocycles. The van der Waals surface area contributed by atoms with Crippen LogP contribution in [0.5, 0.6) is 0 Å². The molecular formula is C47H29N5. The van der Waals surface area contributed by atoms with Crippen molar-refractivity contribution in [1.29, 1.82) is 0 Å². The molecule has 0 amide bonds. The summed E-state index contributed by atoms with van der Waals surface area (Å²) in [5, 5.41) is 4.75. The molecule has 0 saturated heterocycles. The monoisotopic (exact) mass is 663 g/mol. The van der Waals surface area contributed by atoms with Gasteiger partial charge in [-0.15, -0.1) is 0 Å². The smallest absolute Gasteiger partial charge is 0.238 e. The molecule has 52 heavy (non-hydrogen) atoms. The lowest BCUT2D eigenvalue weighted by molar-refractivity contribution is 0.953. The maximum atomic E-state index is 5.19. The van der Waals surface area contributed by atoms with Crippen LogP contribution in [-0.4, -0.2) is 24.1 Å². The SMILES string of the molecule is C1=C(c2ccccc2)c2cccc3c4ccccc4n(c23)-c2cc3c(cc21)c1ccccc1n3-c1nc(-c2ccccc2)nc(-c2ccccc2)n1. The van der Waals surface area contributed by atoms with Crippen LogP contribution >= 0.6 is 0 Å². The number of para-hydroxylation sites is 3. The predicted octanol–water partition coefficient (Wildman–Crippen LogP) is 11.3. The topological polar surface area (TPSA) is 48.5 Å². The highest BCUT2D eigenvalue weighted by Crippen LogP contribution is 2.44. The Hall–Kier alpha value is -7.11. The fourth-order valence-electron chi connectivity index (χ4n) is 8.02. The molecule has 5 nitrogen and oxygen atoms in total. The lowest BCUT2D eigenvalue weighted by Gasteiger charge is -2.14. The fraction of sp³-hybridized carbons (Fsp3) is 0. The van der Waals surface area contributed by atoms with Crippen LogP contribution < -0.4 is 0 Å². The van der Waals surface area contributed by atoms with Crippen LogP contribution in [0.2, 0.25) is 0 Å². The van der Waals surface area contributed by atoms with Gasteiger partial charge in [0, 0.05) is 38.2 Å². The highest BCUT2D eigenvalue weighted by molar-refractivity contribution is 6.17. The maximum absolute atomic E-state index is 5.19. The molecule has 0 fully saturated rings. The highest BCUT2D eigenvalue weighted by Gasteiger charge is 2.25. The molecule has 0 N–H and O–H groups in total. The summed E-state index contributed by atoms with van der Waals surface area (Å²) in [6.45, 7) is 0. The van der Waals surface area contributed by atoms with Crippen LogP contribution in [0.3, 0.4) is 0 Å². The Morgan fingerprint density at radius 1 is 0.385 bits per heavy atom. The largest absolute Gasteiger partial charge is 0.308 e. The normalized spacial score (nSPS) is 12.3. The molecule has 1 aliphatic heterocycles. The van der Waals surface area contributed by atoms with Crippen molar-refractivity contribution in [2.75, 3.05) is 0 Å². The van der Waals surface area contributed by atoms with Gasteiger partial charge in [0.2, 0.25) is 5.95 Å². The third-order valence-electron chi connectivity index (χ3n) is 10.3. The van der Waals surface area contributed by atoms with Crippen LogP contribution in [0, 0.1) is 0 Å². The minimum Gasteiger partial charge on any atom is -0.308 e. The first-order chi connectivity index (χ1) is 25.8. The van der Waals surface area contributed by atoms with Gasteiger partial charge < -0.3 is 4.57 Å². The molecule has 0 radical (unpaired) electrons. The number of rotatable bonds is 4. The molecule has 1 aliphatic rings. The van der Waals surface area contributed by atoms with E-state index in [9.17, 15) is 0 Å². The number of nitrogens with zero attached hydrogens (tertiary/aromatic N) is 5. The first-order valence-electron chi connectivity index (χ1n) is 17.5. The maximum Gasteiger partial charge on any atom is 0.238 e. The Morgan fingerprint density at radius 2 is 0.923 bits per heavy atom. The van der Waals surface area contributed by atoms with Crippen molar-refractivity contribution in [2.45, 2.75) is 0 Å². The van der Waals surface area contributed by atoms with Gasteiger partial charge in [-0.2, -0.15) is 9.97 Å². The molecule has 0 aliphatic carbocycles. The van der Waals surface area contributed by atoms with Crippen molar-refractivity contribution in [3.05, 3.63) is 187 Å². The molecule has 10 aromatic rings. The molecule has 0 atom stereocenters. The molecule has 11 rings (SSSR count). The summed E-state index contributed by atoms with van der Waals surface area (Å²) in [4.78, 5) is 15.4. The van der Waals surface area contributed by atoms with Crippen LogP contribution in [0.15, 0.2) is 170 Å². The summed E-state index contributed by atoms with van der Waals surface area (Å²) in [5.74, 6) is 1.84. The summed E-state index contributed by atoms with van der Waals surface area (Å²) in [7, 11) is 0. The van der Waals surface area contributed by atoms with Gasteiger partial charge in [0.15, 0.2) is 11.6 Å². The third kappa shape index (κ3) is 4.26. The van der Waals surface area contributed by atoms with E-state index in [1.54, 1.807) is 0 Å². The summed E-state index contributed by atoms with van der Waals surface area (Å²) in [6, 6.07) is 59.8. The van der Waals surface area contributed by atoms with Crippen molar-refractivity contribution >= 4 is 55.3 Å². The van der Waals surface area contributed by atoms with E-state index in [-0.39, 0.29) is 0 Å². The van der Waals surface area contributed by atoms with E-state index < -0.39 is 0 Å². The van der Waals surface area contributed by atoms with Crippen molar-refractivity contribution in [3.63, 3.8) is 0 Å². The molecule has 3 aromatic heterocycles. The van der Waals surface area contributed by atoms with Gasteiger partial charge in [-0.1, -0.05) is 146 Å². The fourth-order valence-corrected chi connectivity index (χ4v) is 8.02. The number of fused-ring (bicyclic) bond motifs is 8. The van der Waals surface area contributed by atoms with E-state index in [1.807, 2.05) is 36.4 Å². The van der Waals surface area contributed by atoms with Gasteiger partial charge >= 0.3 is 0 Å². The van der Waals surface area contributed by atoms with Crippen LogP contribution in [0.25, 0.3) is 89.7 Å². The second-order valence-electron chi connectivity index (χ2n) is 13.3. The van der Waals surface area contributed by atoms with Crippen molar-refractivity contribution < 1.29 is 0 Å². The van der Waals surface area contributed by atoms with E-state index in [4.69, 9.17) is 15.0 Å². The zero-order valence-electron chi connectivity index (χ0n) is 28.0. The number of aromatic nitrogens is 5. The number of benzene rings is 7. The van der Waals surface area contributed by atoms with Crippen LogP contribution in [-0.2, 0) is 0 Å². The standard InChI is InChI=1S/C47H29N5/c1-4-15-30(16-5-1)38-27-33-28-39-35-22-11-13-26-41(35)52(47-49-45(31-17-6-2-7-18-31)48-46(50-47)32-19-8-3-9-20-32)43(39)29-42(33)51-40-25-12-10-21-34(40)36-23-14-24-37(38)44(36)51/h1-29H. The summed E-state index contributed by atoms with van der Waals surface area (Å²) < 4.78 is 4.68. The Balaban J connectivity index is 1.27. The molecule has 0 unspecified atom stereocenters. The van der Waals surface area contributed by atoms with E-state index in [0.29, 0.717) is 17.6 Å². The van der Waals surface area contributed by atoms with E-state index in [2.05, 4.69) is 149 Å². The highest BCUT2D eigenvalue weighted by atomic mass is 15.2. The second kappa shape index (κ2) is 11.2. The number of hydrogen-bond acceptors (Lipinski definition) is 3. The summed E-state index contributed by atoms with van der Waals surface area (Å²) >= 11 is 0. The number of hydrogen-bond donors (Lipinski definition) is 0. The molecule has 4 heterocycles. The second-order valence-corrected chi connectivity index (χ2v) is 13.3. The molecule has 5 heteroatoms. The Labute approximate surface area is 299 Å². The lowest BCUT2D eigenvalue weighted by Crippen LogP contribution is -2.07. The van der Waals surface area contributed by atoms with Crippen molar-refractivity contribution in [3.8, 4) is 34.4 Å². The average molecular weight is 664 g/mol. The van der Waals surface area contributed by atoms with Gasteiger partial charge in [0.25, 0.3) is 0 Å². The Morgan fingerprint density at radius 3 is 1.58 bits per heavy atom. The van der Waals surface area contributed by atoms with Crippen molar-refractivity contribution in [2.24, 2.45) is 0 Å². The van der Waals surface area contributed by atoms with Gasteiger partial charge in [-0.25, -0.2) is 4.98 Å². The average Bonchev–Trinajstić information content (AvgIpc) is 3.67. The van der Waals surface area contributed by atoms with E-state index in [0.717, 1.165) is 44.2 Å². The minimum absolute atomic E-state index is 0.580. The molecule has 242 valence electrons. The van der Waals surface area contributed by atoms with Gasteiger partial charge in [0.1, 0.15) is 0 Å². The molecular weight excluding hydrogens is 635 g/mol. The van der Waals surface area contributed by atoms with Gasteiger partial charge in [-0.05, 0) is 47.0 Å². The van der Waals surface area contributed by atoms with E-state index >= 15 is 0 Å². The van der Waals surface area contributed by atoms with Crippen molar-refractivity contribution in [1.82, 2.24) is 24.1 Å². The zero-order valence-corrected chi connectivity index (χ0v) is 28.0. The Kier molecular flexibility index (Phi) is 6.18. The van der Waals surface area contributed by atoms with E-state index in [1.165, 1.54) is 38.5 Å². The van der Waals surface area contributed by atoms with Crippen LogP contribution in [0.4, 0.5) is 0 Å². The first kappa shape index (κ1) is 28.7. The van der Waals surface area contributed by atoms with Gasteiger partial charge in [-0.3, -0.25) is 4.57 Å². The first-order valence-corrected chi connectivity index (χ1v) is 17.5. The van der Waals surface area contributed by atoms with Crippen LogP contribution in [0.1, 0.15) is 16.7 Å². The minimum atomic E-state index is 0.580. The predicted molar refractivity (Wildman–Crippen MR) is 213 cm³/mol. The zero-order chi connectivity index (χ0) is 34.2. The Bertz CT molecular complexity index is 2990. The molecule has 7 aromatic carbocycles. The molecule has 0 bridgehead atoms. The molecule has 0 spiro atoms.